The normalized spacial score (nSPS) is 20.8. The molecule has 0 aliphatic carbocycles. The van der Waals surface area contributed by atoms with E-state index in [-0.39, 0.29) is 22.7 Å². The molecule has 1 N–H and O–H groups in total. The first-order chi connectivity index (χ1) is 10.4. The zero-order valence-electron chi connectivity index (χ0n) is 12.5. The van der Waals surface area contributed by atoms with Crippen LogP contribution in [0.4, 0.5) is 4.39 Å². The summed E-state index contributed by atoms with van der Waals surface area (Å²) in [6, 6.07) is 4.07. The van der Waals surface area contributed by atoms with E-state index in [9.17, 15) is 17.6 Å². The van der Waals surface area contributed by atoms with Crippen LogP contribution >= 0.6 is 11.8 Å². The van der Waals surface area contributed by atoms with Gasteiger partial charge in [0.15, 0.2) is 0 Å². The molecule has 1 fully saturated rings. The van der Waals surface area contributed by atoms with Gasteiger partial charge in [0.2, 0.25) is 15.9 Å². The summed E-state index contributed by atoms with van der Waals surface area (Å²) in [7, 11) is -3.89. The fraction of sp³-hybridized carbons (Fsp3) is 0.500. The number of amides is 1. The predicted octanol–water partition coefficient (Wildman–Crippen LogP) is 1.80. The molecule has 1 heterocycles. The molecule has 122 valence electrons. The predicted molar refractivity (Wildman–Crippen MR) is 84.4 cm³/mol. The zero-order valence-corrected chi connectivity index (χ0v) is 14.1. The molecule has 2 rings (SSSR count). The highest BCUT2D eigenvalue weighted by Gasteiger charge is 2.40. The van der Waals surface area contributed by atoms with E-state index < -0.39 is 21.9 Å². The fourth-order valence-corrected chi connectivity index (χ4v) is 5.26. The highest BCUT2D eigenvalue weighted by atomic mass is 32.2. The standard InChI is InChI=1S/C14H19FN2O3S2/c1-3-10(2)16-14(18)13-8-21-9-17(13)22(19,20)12-6-4-5-11(15)7-12/h4-7,10,13H,3,8-9H2,1-2H3,(H,16,18)/t10-,13+/m0/s1. The van der Waals surface area contributed by atoms with Crippen LogP contribution in [-0.2, 0) is 14.8 Å². The third-order valence-corrected chi connectivity index (χ3v) is 6.57. The molecule has 0 bridgehead atoms. The van der Waals surface area contributed by atoms with Crippen LogP contribution in [0.25, 0.3) is 0 Å². The minimum absolute atomic E-state index is 0.0168. The van der Waals surface area contributed by atoms with Crippen LogP contribution in [0.1, 0.15) is 20.3 Å². The molecule has 1 aliphatic heterocycles. The van der Waals surface area contributed by atoms with Crippen LogP contribution < -0.4 is 5.32 Å². The van der Waals surface area contributed by atoms with E-state index in [1.165, 1.54) is 30.0 Å². The largest absolute Gasteiger partial charge is 0.352 e. The van der Waals surface area contributed by atoms with E-state index in [1.807, 2.05) is 13.8 Å². The Balaban J connectivity index is 2.24. The van der Waals surface area contributed by atoms with Crippen molar-refractivity contribution in [3.8, 4) is 0 Å². The average Bonchev–Trinajstić information content (AvgIpc) is 2.97. The summed E-state index contributed by atoms with van der Waals surface area (Å²) in [5.41, 5.74) is 0. The van der Waals surface area contributed by atoms with Gasteiger partial charge in [-0.15, -0.1) is 11.8 Å². The van der Waals surface area contributed by atoms with Crippen molar-refractivity contribution >= 4 is 27.7 Å². The molecule has 22 heavy (non-hydrogen) atoms. The highest BCUT2D eigenvalue weighted by Crippen LogP contribution is 2.28. The Morgan fingerprint density at radius 1 is 1.55 bits per heavy atom. The first-order valence-corrected chi connectivity index (χ1v) is 9.61. The number of halogens is 1. The number of hydrogen-bond donors (Lipinski definition) is 1. The number of sulfonamides is 1. The summed E-state index contributed by atoms with van der Waals surface area (Å²) in [6.07, 6.45) is 0.766. The molecule has 5 nitrogen and oxygen atoms in total. The van der Waals surface area contributed by atoms with Gasteiger partial charge in [-0.25, -0.2) is 12.8 Å². The maximum absolute atomic E-state index is 13.3. The Hall–Kier alpha value is -1.12. The number of benzene rings is 1. The molecule has 1 aliphatic rings. The molecule has 1 aromatic rings. The van der Waals surface area contributed by atoms with Crippen LogP contribution in [0.5, 0.6) is 0 Å². The first kappa shape index (κ1) is 17.2. The van der Waals surface area contributed by atoms with Gasteiger partial charge in [-0.1, -0.05) is 13.0 Å². The Bertz CT molecular complexity index is 651. The molecule has 0 radical (unpaired) electrons. The third-order valence-electron chi connectivity index (χ3n) is 3.55. The van der Waals surface area contributed by atoms with Crippen LogP contribution in [0.3, 0.4) is 0 Å². The maximum atomic E-state index is 13.3. The fourth-order valence-electron chi connectivity index (χ4n) is 2.07. The number of hydrogen-bond acceptors (Lipinski definition) is 4. The quantitative estimate of drug-likeness (QED) is 0.883. The number of carbonyl (C=O) groups is 1. The second kappa shape index (κ2) is 6.97. The van der Waals surface area contributed by atoms with Gasteiger partial charge in [-0.05, 0) is 31.5 Å². The van der Waals surface area contributed by atoms with Crippen molar-refractivity contribution in [1.29, 1.82) is 0 Å². The number of rotatable bonds is 5. The van der Waals surface area contributed by atoms with E-state index in [4.69, 9.17) is 0 Å². The second-order valence-electron chi connectivity index (χ2n) is 5.18. The molecule has 1 amide bonds. The lowest BCUT2D eigenvalue weighted by molar-refractivity contribution is -0.124. The molecule has 2 atom stereocenters. The van der Waals surface area contributed by atoms with Gasteiger partial charge in [0, 0.05) is 11.8 Å². The summed E-state index contributed by atoms with van der Waals surface area (Å²) < 4.78 is 39.7. The molecule has 1 aromatic carbocycles. The van der Waals surface area contributed by atoms with Gasteiger partial charge < -0.3 is 5.32 Å². The van der Waals surface area contributed by atoms with Crippen LogP contribution in [-0.4, -0.2) is 42.3 Å². The summed E-state index contributed by atoms with van der Waals surface area (Å²) in [6.45, 7) is 3.81. The molecule has 0 unspecified atom stereocenters. The molecular weight excluding hydrogens is 327 g/mol. The van der Waals surface area contributed by atoms with Crippen molar-refractivity contribution in [1.82, 2.24) is 9.62 Å². The van der Waals surface area contributed by atoms with Crippen molar-refractivity contribution in [2.75, 3.05) is 11.6 Å². The topological polar surface area (TPSA) is 66.5 Å². The molecular formula is C14H19FN2O3S2. The summed E-state index contributed by atoms with van der Waals surface area (Å²) in [5, 5.41) is 2.80. The van der Waals surface area contributed by atoms with Crippen molar-refractivity contribution in [2.45, 2.75) is 37.2 Å². The molecule has 8 heteroatoms. The van der Waals surface area contributed by atoms with Gasteiger partial charge in [0.05, 0.1) is 10.8 Å². The summed E-state index contributed by atoms with van der Waals surface area (Å²) >= 11 is 1.37. The van der Waals surface area contributed by atoms with E-state index in [1.54, 1.807) is 0 Å². The summed E-state index contributed by atoms with van der Waals surface area (Å²) in [5.74, 6) is -0.332. The minimum atomic E-state index is -3.89. The van der Waals surface area contributed by atoms with E-state index >= 15 is 0 Å². The Morgan fingerprint density at radius 3 is 2.91 bits per heavy atom. The van der Waals surface area contributed by atoms with Gasteiger partial charge in [-0.2, -0.15) is 4.31 Å². The van der Waals surface area contributed by atoms with Crippen molar-refractivity contribution in [3.05, 3.63) is 30.1 Å². The van der Waals surface area contributed by atoms with Crippen molar-refractivity contribution in [2.24, 2.45) is 0 Å². The lowest BCUT2D eigenvalue weighted by Gasteiger charge is -2.24. The Morgan fingerprint density at radius 2 is 2.27 bits per heavy atom. The van der Waals surface area contributed by atoms with Crippen molar-refractivity contribution in [3.63, 3.8) is 0 Å². The zero-order chi connectivity index (χ0) is 16.3. The smallest absolute Gasteiger partial charge is 0.244 e. The molecule has 1 saturated heterocycles. The highest BCUT2D eigenvalue weighted by molar-refractivity contribution is 8.00. The second-order valence-corrected chi connectivity index (χ2v) is 8.07. The molecule has 0 spiro atoms. The average molecular weight is 346 g/mol. The van der Waals surface area contributed by atoms with Gasteiger partial charge in [-0.3, -0.25) is 4.79 Å². The monoisotopic (exact) mass is 346 g/mol. The van der Waals surface area contributed by atoms with Gasteiger partial charge >= 0.3 is 0 Å². The van der Waals surface area contributed by atoms with Crippen LogP contribution in [0.15, 0.2) is 29.2 Å². The lowest BCUT2D eigenvalue weighted by atomic mass is 10.2. The number of nitrogens with zero attached hydrogens (tertiary/aromatic N) is 1. The number of nitrogens with one attached hydrogen (secondary N) is 1. The van der Waals surface area contributed by atoms with Crippen molar-refractivity contribution < 1.29 is 17.6 Å². The third kappa shape index (κ3) is 3.61. The van der Waals surface area contributed by atoms with E-state index in [0.29, 0.717) is 5.75 Å². The van der Waals surface area contributed by atoms with Crippen LogP contribution in [0, 0.1) is 5.82 Å². The Labute approximate surface area is 134 Å². The van der Waals surface area contributed by atoms with Gasteiger partial charge in [0.1, 0.15) is 11.9 Å². The van der Waals surface area contributed by atoms with Gasteiger partial charge in [0.25, 0.3) is 0 Å². The molecule has 0 saturated carbocycles. The number of carbonyl (C=O) groups excluding carboxylic acids is 1. The summed E-state index contributed by atoms with van der Waals surface area (Å²) in [4.78, 5) is 12.1. The lowest BCUT2D eigenvalue weighted by Crippen LogP contribution is -2.49. The van der Waals surface area contributed by atoms with Crippen LogP contribution in [0.2, 0.25) is 0 Å². The van der Waals surface area contributed by atoms with E-state index in [0.717, 1.165) is 16.8 Å². The number of thioether (sulfide) groups is 1. The molecule has 0 aromatic heterocycles. The minimum Gasteiger partial charge on any atom is -0.352 e. The van der Waals surface area contributed by atoms with E-state index in [2.05, 4.69) is 5.32 Å². The SMILES string of the molecule is CC[C@H](C)NC(=O)[C@H]1CSCN1S(=O)(=O)c1cccc(F)c1. The first-order valence-electron chi connectivity index (χ1n) is 7.01. The maximum Gasteiger partial charge on any atom is 0.244 e. The Kier molecular flexibility index (Phi) is 5.46.